The smallest absolute Gasteiger partial charge is 0.391 e. The fraction of sp³-hybridized carbons (Fsp3) is 0.571. The molecule has 2 N–H and O–H groups in total. The summed E-state index contributed by atoms with van der Waals surface area (Å²) in [6, 6.07) is 5.32. The molecule has 0 atom stereocenters. The molecule has 1 aromatic rings. The zero-order valence-corrected chi connectivity index (χ0v) is 11.4. The second-order valence-corrected chi connectivity index (χ2v) is 5.00. The van der Waals surface area contributed by atoms with Crippen LogP contribution in [0.3, 0.4) is 0 Å². The van der Waals surface area contributed by atoms with Crippen molar-refractivity contribution >= 4 is 11.4 Å². The highest BCUT2D eigenvalue weighted by molar-refractivity contribution is 5.60. The topological polar surface area (TPSA) is 38.5 Å². The molecule has 112 valence electrons. The number of rotatable bonds is 3. The summed E-state index contributed by atoms with van der Waals surface area (Å²) < 4.78 is 43.3. The number of anilines is 2. The molecule has 0 saturated carbocycles. The monoisotopic (exact) mass is 288 g/mol. The number of piperidine rings is 1. The minimum absolute atomic E-state index is 0.127. The quantitative estimate of drug-likeness (QED) is 0.866. The third-order valence-electron chi connectivity index (χ3n) is 3.55. The molecule has 1 heterocycles. The fourth-order valence-corrected chi connectivity index (χ4v) is 2.50. The Balaban J connectivity index is 2.07. The van der Waals surface area contributed by atoms with Crippen molar-refractivity contribution in [2.24, 2.45) is 5.92 Å². The van der Waals surface area contributed by atoms with Gasteiger partial charge in [0.15, 0.2) is 0 Å². The van der Waals surface area contributed by atoms with E-state index in [1.807, 2.05) is 17.9 Å². The first-order chi connectivity index (χ1) is 9.40. The lowest BCUT2D eigenvalue weighted by atomic mass is 9.96. The van der Waals surface area contributed by atoms with Gasteiger partial charge in [0.25, 0.3) is 0 Å². The van der Waals surface area contributed by atoms with Crippen LogP contribution in [0.5, 0.6) is 5.75 Å². The van der Waals surface area contributed by atoms with Crippen LogP contribution < -0.4 is 15.4 Å². The Hall–Kier alpha value is -1.59. The van der Waals surface area contributed by atoms with Crippen molar-refractivity contribution < 1.29 is 17.9 Å². The highest BCUT2D eigenvalue weighted by atomic mass is 19.4. The first-order valence-electron chi connectivity index (χ1n) is 6.75. The van der Waals surface area contributed by atoms with E-state index in [9.17, 15) is 13.2 Å². The maximum Gasteiger partial charge on any atom is 0.391 e. The minimum atomic E-state index is -4.09. The predicted octanol–water partition coefficient (Wildman–Crippen LogP) is 3.45. The van der Waals surface area contributed by atoms with Gasteiger partial charge < -0.3 is 15.4 Å². The van der Waals surface area contributed by atoms with Crippen LogP contribution in [0.4, 0.5) is 24.5 Å². The summed E-state index contributed by atoms with van der Waals surface area (Å²) in [6.45, 7) is 3.18. The van der Waals surface area contributed by atoms with E-state index in [1.165, 1.54) is 0 Å². The Labute approximate surface area is 116 Å². The van der Waals surface area contributed by atoms with Crippen molar-refractivity contribution in [3.63, 3.8) is 0 Å². The summed E-state index contributed by atoms with van der Waals surface area (Å²) in [4.78, 5) is 1.93. The van der Waals surface area contributed by atoms with Crippen LogP contribution in [0.1, 0.15) is 19.8 Å². The highest BCUT2D eigenvalue weighted by Crippen LogP contribution is 2.36. The van der Waals surface area contributed by atoms with Crippen molar-refractivity contribution in [2.75, 3.05) is 30.3 Å². The summed E-state index contributed by atoms with van der Waals surface area (Å²) in [7, 11) is 0. The van der Waals surface area contributed by atoms with E-state index in [0.717, 1.165) is 5.69 Å². The SMILES string of the molecule is CCOc1cc(N)cc(N2CCC(C(F)(F)F)CC2)c1. The molecule has 0 unspecified atom stereocenters. The summed E-state index contributed by atoms with van der Waals surface area (Å²) in [5, 5.41) is 0. The predicted molar refractivity (Wildman–Crippen MR) is 73.0 cm³/mol. The second-order valence-electron chi connectivity index (χ2n) is 5.00. The Morgan fingerprint density at radius 3 is 2.45 bits per heavy atom. The van der Waals surface area contributed by atoms with Crippen LogP contribution in [0.25, 0.3) is 0 Å². The molecule has 1 saturated heterocycles. The van der Waals surface area contributed by atoms with Gasteiger partial charge in [-0.25, -0.2) is 0 Å². The lowest BCUT2D eigenvalue weighted by molar-refractivity contribution is -0.179. The largest absolute Gasteiger partial charge is 0.494 e. The molecule has 1 fully saturated rings. The molecule has 0 spiro atoms. The van der Waals surface area contributed by atoms with E-state index >= 15 is 0 Å². The fourth-order valence-electron chi connectivity index (χ4n) is 2.50. The number of nitrogens with two attached hydrogens (primary N) is 1. The van der Waals surface area contributed by atoms with Gasteiger partial charge in [-0.05, 0) is 25.8 Å². The van der Waals surface area contributed by atoms with E-state index < -0.39 is 12.1 Å². The van der Waals surface area contributed by atoms with E-state index in [0.29, 0.717) is 31.1 Å². The number of nitrogen functional groups attached to an aromatic ring is 1. The number of nitrogens with zero attached hydrogens (tertiary/aromatic N) is 1. The Morgan fingerprint density at radius 1 is 1.25 bits per heavy atom. The lowest BCUT2D eigenvalue weighted by Gasteiger charge is -2.34. The molecule has 0 bridgehead atoms. The molecular formula is C14H19F3N2O. The zero-order chi connectivity index (χ0) is 14.8. The Bertz CT molecular complexity index is 454. The summed E-state index contributed by atoms with van der Waals surface area (Å²) in [5.41, 5.74) is 7.19. The third kappa shape index (κ3) is 3.49. The average molecular weight is 288 g/mol. The first-order valence-corrected chi connectivity index (χ1v) is 6.75. The van der Waals surface area contributed by atoms with Gasteiger partial charge in [-0.2, -0.15) is 13.2 Å². The zero-order valence-electron chi connectivity index (χ0n) is 11.4. The van der Waals surface area contributed by atoms with Gasteiger partial charge >= 0.3 is 6.18 Å². The molecule has 1 aliphatic heterocycles. The number of hydrogen-bond acceptors (Lipinski definition) is 3. The maximum absolute atomic E-state index is 12.6. The summed E-state index contributed by atoms with van der Waals surface area (Å²) >= 11 is 0. The lowest BCUT2D eigenvalue weighted by Crippen LogP contribution is -2.39. The van der Waals surface area contributed by atoms with Crippen molar-refractivity contribution in [3.8, 4) is 5.75 Å². The van der Waals surface area contributed by atoms with Crippen molar-refractivity contribution in [1.82, 2.24) is 0 Å². The van der Waals surface area contributed by atoms with Crippen LogP contribution >= 0.6 is 0 Å². The highest BCUT2D eigenvalue weighted by Gasteiger charge is 2.41. The molecule has 0 radical (unpaired) electrons. The molecule has 20 heavy (non-hydrogen) atoms. The van der Waals surface area contributed by atoms with Gasteiger partial charge in [-0.1, -0.05) is 0 Å². The minimum Gasteiger partial charge on any atom is -0.494 e. The second kappa shape index (κ2) is 5.81. The van der Waals surface area contributed by atoms with Crippen LogP contribution in [0.2, 0.25) is 0 Å². The molecule has 0 aliphatic carbocycles. The number of halogens is 3. The van der Waals surface area contributed by atoms with Gasteiger partial charge in [0.1, 0.15) is 5.75 Å². The van der Waals surface area contributed by atoms with E-state index in [1.54, 1.807) is 12.1 Å². The molecule has 1 aromatic carbocycles. The van der Waals surface area contributed by atoms with Crippen LogP contribution in [-0.2, 0) is 0 Å². The van der Waals surface area contributed by atoms with E-state index in [2.05, 4.69) is 0 Å². The van der Waals surface area contributed by atoms with Crippen molar-refractivity contribution in [3.05, 3.63) is 18.2 Å². The number of ether oxygens (including phenoxy) is 1. The number of alkyl halides is 3. The molecule has 2 rings (SSSR count). The summed E-state index contributed by atoms with van der Waals surface area (Å²) in [5.74, 6) is -0.536. The first kappa shape index (κ1) is 14.8. The number of benzene rings is 1. The molecule has 0 amide bonds. The molecule has 3 nitrogen and oxygen atoms in total. The van der Waals surface area contributed by atoms with Gasteiger partial charge in [0, 0.05) is 36.6 Å². The van der Waals surface area contributed by atoms with Crippen molar-refractivity contribution in [2.45, 2.75) is 25.9 Å². The van der Waals surface area contributed by atoms with Crippen LogP contribution in [0.15, 0.2) is 18.2 Å². The average Bonchev–Trinajstić information content (AvgIpc) is 2.37. The standard InChI is InChI=1S/C14H19F3N2O/c1-2-20-13-8-11(18)7-12(9-13)19-5-3-10(4-6-19)14(15,16)17/h7-10H,2-6,18H2,1H3. The molecule has 6 heteroatoms. The van der Waals surface area contributed by atoms with E-state index in [-0.39, 0.29) is 12.8 Å². The Kier molecular flexibility index (Phi) is 4.30. The normalized spacial score (nSPS) is 17.3. The molecular weight excluding hydrogens is 269 g/mol. The Morgan fingerprint density at radius 2 is 1.90 bits per heavy atom. The van der Waals surface area contributed by atoms with Gasteiger partial charge in [0.05, 0.1) is 12.5 Å². The van der Waals surface area contributed by atoms with Crippen molar-refractivity contribution in [1.29, 1.82) is 0 Å². The van der Waals surface area contributed by atoms with Crippen LogP contribution in [0, 0.1) is 5.92 Å². The molecule has 0 aromatic heterocycles. The van der Waals surface area contributed by atoms with Gasteiger partial charge in [-0.15, -0.1) is 0 Å². The third-order valence-corrected chi connectivity index (χ3v) is 3.55. The molecule has 1 aliphatic rings. The van der Waals surface area contributed by atoms with Gasteiger partial charge in [0.2, 0.25) is 0 Å². The number of hydrogen-bond donors (Lipinski definition) is 1. The van der Waals surface area contributed by atoms with Gasteiger partial charge in [-0.3, -0.25) is 0 Å². The summed E-state index contributed by atoms with van der Waals surface area (Å²) in [6.07, 6.45) is -3.83. The van der Waals surface area contributed by atoms with E-state index in [4.69, 9.17) is 10.5 Å². The maximum atomic E-state index is 12.6. The van der Waals surface area contributed by atoms with Crippen LogP contribution in [-0.4, -0.2) is 25.9 Å².